The lowest BCUT2D eigenvalue weighted by Gasteiger charge is -2.42. The second kappa shape index (κ2) is 11.8. The van der Waals surface area contributed by atoms with Crippen molar-refractivity contribution >= 4 is 29.6 Å². The first kappa shape index (κ1) is 25.4. The molecule has 2 fully saturated rings. The third-order valence-corrected chi connectivity index (χ3v) is 7.12. The van der Waals surface area contributed by atoms with Gasteiger partial charge in [-0.2, -0.15) is 0 Å². The normalized spacial score (nSPS) is 18.6. The number of benzene rings is 1. The van der Waals surface area contributed by atoms with Gasteiger partial charge in [0.05, 0.1) is 6.61 Å². The molecule has 0 radical (unpaired) electrons. The summed E-state index contributed by atoms with van der Waals surface area (Å²) in [7, 11) is 1.62. The first-order chi connectivity index (χ1) is 17.0. The number of likely N-dealkylation sites (tertiary alicyclic amines) is 1. The number of aromatic nitrogens is 1. The number of hydrogen-bond acceptors (Lipinski definition) is 5. The third-order valence-electron chi connectivity index (χ3n) is 6.89. The van der Waals surface area contributed by atoms with Crippen LogP contribution in [0.4, 0.5) is 4.79 Å². The maximum absolute atomic E-state index is 13.6. The number of amides is 3. The molecule has 2 aliphatic heterocycles. The molecule has 186 valence electrons. The smallest absolute Gasteiger partial charge is 0.327 e. The highest BCUT2D eigenvalue weighted by atomic mass is 35.5. The molecule has 8 heteroatoms. The zero-order valence-corrected chi connectivity index (χ0v) is 21.0. The van der Waals surface area contributed by atoms with Gasteiger partial charge < -0.3 is 9.64 Å². The Labute approximate surface area is 212 Å². The maximum Gasteiger partial charge on any atom is 0.327 e. The summed E-state index contributed by atoms with van der Waals surface area (Å²) in [5, 5.41) is 0.759. The minimum atomic E-state index is -0.796. The molecule has 0 aliphatic carbocycles. The molecule has 7 nitrogen and oxygen atoms in total. The Morgan fingerprint density at radius 2 is 1.89 bits per heavy atom. The number of urea groups is 1. The van der Waals surface area contributed by atoms with Gasteiger partial charge in [-0.05, 0) is 49.0 Å². The van der Waals surface area contributed by atoms with Crippen molar-refractivity contribution in [2.45, 2.75) is 31.2 Å². The van der Waals surface area contributed by atoms with Gasteiger partial charge in [-0.3, -0.25) is 19.6 Å². The summed E-state index contributed by atoms with van der Waals surface area (Å²) >= 11 is 6.54. The molecule has 1 spiro atoms. The SMILES string of the molecule is COCCN1C(=O)N(CCCc2cccnc2)C(=O)C12CCN(CC(Cl)=Cc1ccccc1)CC2. The van der Waals surface area contributed by atoms with Crippen LogP contribution in [0, 0.1) is 0 Å². The summed E-state index contributed by atoms with van der Waals surface area (Å²) in [6.45, 7) is 3.25. The summed E-state index contributed by atoms with van der Waals surface area (Å²) in [4.78, 5) is 36.5. The van der Waals surface area contributed by atoms with Crippen molar-refractivity contribution < 1.29 is 14.3 Å². The van der Waals surface area contributed by atoms with Crippen LogP contribution in [-0.2, 0) is 16.0 Å². The average Bonchev–Trinajstić information content (AvgIpc) is 3.06. The van der Waals surface area contributed by atoms with E-state index in [2.05, 4.69) is 9.88 Å². The fourth-order valence-electron chi connectivity index (χ4n) is 5.01. The molecule has 3 heterocycles. The van der Waals surface area contributed by atoms with Crippen LogP contribution in [0.15, 0.2) is 59.9 Å². The van der Waals surface area contributed by atoms with E-state index in [-0.39, 0.29) is 11.9 Å². The number of piperidine rings is 1. The summed E-state index contributed by atoms with van der Waals surface area (Å²) in [6, 6.07) is 13.7. The number of carbonyl (C=O) groups excluding carboxylic acids is 2. The lowest BCUT2D eigenvalue weighted by Crippen LogP contribution is -2.57. The summed E-state index contributed by atoms with van der Waals surface area (Å²) in [5.41, 5.74) is 1.37. The number of methoxy groups -OCH3 is 1. The van der Waals surface area contributed by atoms with Gasteiger partial charge in [0.1, 0.15) is 5.54 Å². The van der Waals surface area contributed by atoms with E-state index < -0.39 is 5.54 Å². The predicted octanol–water partition coefficient (Wildman–Crippen LogP) is 4.04. The molecule has 3 amide bonds. The van der Waals surface area contributed by atoms with Crippen molar-refractivity contribution in [3.63, 3.8) is 0 Å². The second-order valence-electron chi connectivity index (χ2n) is 9.16. The number of nitrogens with zero attached hydrogens (tertiary/aromatic N) is 4. The lowest BCUT2D eigenvalue weighted by atomic mass is 9.85. The minimum Gasteiger partial charge on any atom is -0.383 e. The summed E-state index contributed by atoms with van der Waals surface area (Å²) < 4.78 is 5.26. The highest BCUT2D eigenvalue weighted by Crippen LogP contribution is 2.37. The van der Waals surface area contributed by atoms with Crippen LogP contribution < -0.4 is 0 Å². The van der Waals surface area contributed by atoms with E-state index in [0.717, 1.165) is 22.6 Å². The highest BCUT2D eigenvalue weighted by Gasteiger charge is 2.57. The van der Waals surface area contributed by atoms with Crippen LogP contribution in [0.2, 0.25) is 0 Å². The Hall–Kier alpha value is -2.74. The van der Waals surface area contributed by atoms with Gasteiger partial charge in [0.2, 0.25) is 0 Å². The average molecular weight is 497 g/mol. The van der Waals surface area contributed by atoms with Crippen molar-refractivity contribution in [2.75, 3.05) is 46.4 Å². The summed E-state index contributed by atoms with van der Waals surface area (Å²) in [5.74, 6) is -0.0737. The van der Waals surface area contributed by atoms with Crippen LogP contribution in [0.3, 0.4) is 0 Å². The Bertz CT molecular complexity index is 1020. The van der Waals surface area contributed by atoms with Crippen molar-refractivity contribution in [2.24, 2.45) is 0 Å². The molecule has 0 saturated carbocycles. The Balaban J connectivity index is 1.40. The number of imide groups is 1. The van der Waals surface area contributed by atoms with E-state index in [1.54, 1.807) is 18.2 Å². The van der Waals surface area contributed by atoms with Gasteiger partial charge in [-0.1, -0.05) is 48.0 Å². The Morgan fingerprint density at radius 1 is 1.11 bits per heavy atom. The highest BCUT2D eigenvalue weighted by molar-refractivity contribution is 6.31. The quantitative estimate of drug-likeness (QED) is 0.464. The van der Waals surface area contributed by atoms with E-state index in [4.69, 9.17) is 16.3 Å². The van der Waals surface area contributed by atoms with Gasteiger partial charge in [0, 0.05) is 57.3 Å². The molecule has 0 unspecified atom stereocenters. The van der Waals surface area contributed by atoms with Crippen LogP contribution in [0.25, 0.3) is 6.08 Å². The number of hydrogen-bond donors (Lipinski definition) is 0. The zero-order chi connectivity index (χ0) is 24.7. The molecule has 2 saturated heterocycles. The number of ether oxygens (including phenoxy) is 1. The van der Waals surface area contributed by atoms with Crippen LogP contribution in [0.5, 0.6) is 0 Å². The van der Waals surface area contributed by atoms with Crippen LogP contribution in [-0.4, -0.2) is 83.6 Å². The number of carbonyl (C=O) groups is 2. The largest absolute Gasteiger partial charge is 0.383 e. The first-order valence-corrected chi connectivity index (χ1v) is 12.6. The molecule has 35 heavy (non-hydrogen) atoms. The van der Waals surface area contributed by atoms with Crippen LogP contribution in [0.1, 0.15) is 30.4 Å². The lowest BCUT2D eigenvalue weighted by molar-refractivity contribution is -0.135. The van der Waals surface area contributed by atoms with Crippen molar-refractivity contribution in [3.8, 4) is 0 Å². The van der Waals surface area contributed by atoms with E-state index in [1.165, 1.54) is 4.90 Å². The minimum absolute atomic E-state index is 0.0737. The molecule has 1 aromatic heterocycles. The molecule has 2 aliphatic rings. The Kier molecular flexibility index (Phi) is 8.55. The monoisotopic (exact) mass is 496 g/mol. The molecule has 4 rings (SSSR count). The zero-order valence-electron chi connectivity index (χ0n) is 20.2. The molecular weight excluding hydrogens is 464 g/mol. The number of pyridine rings is 1. The molecular formula is C27H33ClN4O3. The number of aryl methyl sites for hydroxylation is 1. The third kappa shape index (κ3) is 5.92. The van der Waals surface area contributed by atoms with Gasteiger partial charge in [-0.25, -0.2) is 4.79 Å². The molecule has 0 N–H and O–H groups in total. The van der Waals surface area contributed by atoms with Gasteiger partial charge in [-0.15, -0.1) is 0 Å². The van der Waals surface area contributed by atoms with E-state index in [0.29, 0.717) is 58.6 Å². The van der Waals surface area contributed by atoms with Crippen LogP contribution >= 0.6 is 11.6 Å². The van der Waals surface area contributed by atoms with Crippen molar-refractivity contribution in [3.05, 3.63) is 71.0 Å². The number of rotatable bonds is 10. The van der Waals surface area contributed by atoms with Gasteiger partial charge in [0.25, 0.3) is 5.91 Å². The Morgan fingerprint density at radius 3 is 2.57 bits per heavy atom. The fourth-order valence-corrected chi connectivity index (χ4v) is 5.31. The predicted molar refractivity (Wildman–Crippen MR) is 137 cm³/mol. The number of halogens is 1. The molecule has 0 atom stereocenters. The first-order valence-electron chi connectivity index (χ1n) is 12.2. The van der Waals surface area contributed by atoms with Gasteiger partial charge in [0.15, 0.2) is 0 Å². The van der Waals surface area contributed by atoms with Crippen molar-refractivity contribution in [1.82, 2.24) is 19.7 Å². The summed E-state index contributed by atoms with van der Waals surface area (Å²) in [6.07, 6.45) is 8.22. The topological polar surface area (TPSA) is 66.0 Å². The van der Waals surface area contributed by atoms with E-state index in [9.17, 15) is 9.59 Å². The molecule has 1 aromatic carbocycles. The van der Waals surface area contributed by atoms with E-state index in [1.807, 2.05) is 54.7 Å². The van der Waals surface area contributed by atoms with Crippen molar-refractivity contribution in [1.29, 1.82) is 0 Å². The fraction of sp³-hybridized carbons (Fsp3) is 0.444. The van der Waals surface area contributed by atoms with Gasteiger partial charge >= 0.3 is 6.03 Å². The molecule has 0 bridgehead atoms. The maximum atomic E-state index is 13.6. The molecule has 2 aromatic rings. The second-order valence-corrected chi connectivity index (χ2v) is 9.64. The standard InChI is InChI=1S/C27H33ClN4O3/c1-35-18-17-32-26(34)31(14-6-10-23-9-5-13-29-20-23)25(33)27(32)11-15-30(16-12-27)21-24(28)19-22-7-3-2-4-8-22/h2-5,7-9,13,19-20H,6,10-12,14-18,21H2,1H3. The van der Waals surface area contributed by atoms with E-state index >= 15 is 0 Å².